The lowest BCUT2D eigenvalue weighted by molar-refractivity contribution is 0.521. The second kappa shape index (κ2) is 9.01. The van der Waals surface area contributed by atoms with Gasteiger partial charge in [0.2, 0.25) is 0 Å². The van der Waals surface area contributed by atoms with E-state index in [1.807, 2.05) is 0 Å². The van der Waals surface area contributed by atoms with Crippen molar-refractivity contribution in [3.63, 3.8) is 0 Å². The molecule has 0 fully saturated rings. The molecule has 2 nitrogen and oxygen atoms in total. The topological polar surface area (TPSA) is 38.0 Å². The summed E-state index contributed by atoms with van der Waals surface area (Å²) >= 11 is 0. The summed E-state index contributed by atoms with van der Waals surface area (Å²) in [6, 6.07) is 0. The van der Waals surface area contributed by atoms with Crippen LogP contribution in [0.3, 0.4) is 0 Å². The second-order valence-corrected chi connectivity index (χ2v) is 3.78. The van der Waals surface area contributed by atoms with Crippen LogP contribution in [-0.4, -0.2) is 19.6 Å². The van der Waals surface area contributed by atoms with Gasteiger partial charge in [0.25, 0.3) is 0 Å². The fraction of sp³-hybridized carbons (Fsp3) is 1.00. The first kappa shape index (κ1) is 11.9. The first-order valence-corrected chi connectivity index (χ1v) is 5.18. The summed E-state index contributed by atoms with van der Waals surface area (Å²) in [6.45, 7) is 7.68. The molecule has 0 radical (unpaired) electrons. The number of rotatable bonds is 8. The van der Waals surface area contributed by atoms with Crippen LogP contribution in [-0.2, 0) is 0 Å². The molecule has 0 unspecified atom stereocenters. The molecule has 0 aromatic carbocycles. The first-order valence-electron chi connectivity index (χ1n) is 5.18. The Hall–Kier alpha value is -0.0800. The van der Waals surface area contributed by atoms with E-state index in [1.54, 1.807) is 0 Å². The lowest BCUT2D eigenvalue weighted by Crippen LogP contribution is -2.17. The van der Waals surface area contributed by atoms with Crippen LogP contribution in [0.1, 0.15) is 39.5 Å². The van der Waals surface area contributed by atoms with Crippen molar-refractivity contribution in [3.05, 3.63) is 0 Å². The summed E-state index contributed by atoms with van der Waals surface area (Å²) in [5, 5.41) is 3.42. The van der Waals surface area contributed by atoms with Crippen LogP contribution in [0.4, 0.5) is 0 Å². The van der Waals surface area contributed by atoms with Crippen molar-refractivity contribution in [1.29, 1.82) is 0 Å². The summed E-state index contributed by atoms with van der Waals surface area (Å²) in [6.07, 6.45) is 5.01. The Morgan fingerprint density at radius 1 is 1.08 bits per heavy atom. The lowest BCUT2D eigenvalue weighted by atomic mass is 10.1. The Kier molecular flexibility index (Phi) is 8.95. The van der Waals surface area contributed by atoms with Crippen LogP contribution in [0.5, 0.6) is 0 Å². The van der Waals surface area contributed by atoms with Gasteiger partial charge in [-0.2, -0.15) is 0 Å². The molecule has 12 heavy (non-hydrogen) atoms. The normalized spacial score (nSPS) is 11.0. The van der Waals surface area contributed by atoms with Crippen molar-refractivity contribution in [2.45, 2.75) is 39.5 Å². The average molecular weight is 172 g/mol. The molecule has 0 saturated heterocycles. The van der Waals surface area contributed by atoms with Crippen molar-refractivity contribution in [2.24, 2.45) is 11.7 Å². The van der Waals surface area contributed by atoms with E-state index >= 15 is 0 Å². The molecule has 74 valence electrons. The maximum absolute atomic E-state index is 5.38. The van der Waals surface area contributed by atoms with E-state index in [0.717, 1.165) is 25.4 Å². The zero-order valence-electron chi connectivity index (χ0n) is 8.60. The third kappa shape index (κ3) is 9.92. The van der Waals surface area contributed by atoms with E-state index in [1.165, 1.54) is 25.8 Å². The average Bonchev–Trinajstić information content (AvgIpc) is 2.02. The van der Waals surface area contributed by atoms with Gasteiger partial charge in [-0.3, -0.25) is 0 Å². The lowest BCUT2D eigenvalue weighted by Gasteiger charge is -2.05. The Labute approximate surface area is 76.9 Å². The van der Waals surface area contributed by atoms with Gasteiger partial charge in [0.1, 0.15) is 0 Å². The third-order valence-electron chi connectivity index (χ3n) is 1.94. The monoisotopic (exact) mass is 172 g/mol. The van der Waals surface area contributed by atoms with Gasteiger partial charge in [0, 0.05) is 0 Å². The Balaban J connectivity index is 2.82. The highest BCUT2D eigenvalue weighted by molar-refractivity contribution is 4.51. The van der Waals surface area contributed by atoms with Gasteiger partial charge in [-0.15, -0.1) is 0 Å². The molecule has 0 amide bonds. The molecule has 0 aromatic heterocycles. The van der Waals surface area contributed by atoms with Crippen molar-refractivity contribution >= 4 is 0 Å². The minimum Gasteiger partial charge on any atom is -0.330 e. The first-order chi connectivity index (χ1) is 5.77. The molecule has 0 atom stereocenters. The largest absolute Gasteiger partial charge is 0.330 e. The minimum atomic E-state index is 0.827. The van der Waals surface area contributed by atoms with Gasteiger partial charge < -0.3 is 11.1 Å². The van der Waals surface area contributed by atoms with Gasteiger partial charge in [0.05, 0.1) is 0 Å². The molecule has 0 spiro atoms. The third-order valence-corrected chi connectivity index (χ3v) is 1.94. The number of hydrogen-bond acceptors (Lipinski definition) is 2. The molecular weight excluding hydrogens is 148 g/mol. The zero-order valence-corrected chi connectivity index (χ0v) is 8.60. The van der Waals surface area contributed by atoms with Crippen LogP contribution in [0.25, 0.3) is 0 Å². The summed E-state index contributed by atoms with van der Waals surface area (Å²) in [5.41, 5.74) is 5.38. The molecule has 0 aromatic rings. The standard InChI is InChI=1S/C10H24N2/c1-10(2)6-5-9-12-8-4-3-7-11/h10,12H,3-9,11H2,1-2H3. The van der Waals surface area contributed by atoms with Crippen LogP contribution in [0.2, 0.25) is 0 Å². The highest BCUT2D eigenvalue weighted by atomic mass is 14.8. The van der Waals surface area contributed by atoms with Crippen LogP contribution in [0.15, 0.2) is 0 Å². The smallest absolute Gasteiger partial charge is 0.00484 e. The Bertz CT molecular complexity index is 81.9. The van der Waals surface area contributed by atoms with Crippen molar-refractivity contribution in [2.75, 3.05) is 19.6 Å². The predicted molar refractivity (Wildman–Crippen MR) is 55.2 cm³/mol. The van der Waals surface area contributed by atoms with Crippen molar-refractivity contribution < 1.29 is 0 Å². The minimum absolute atomic E-state index is 0.827. The molecule has 0 aliphatic carbocycles. The fourth-order valence-corrected chi connectivity index (χ4v) is 1.15. The van der Waals surface area contributed by atoms with E-state index in [0.29, 0.717) is 0 Å². The predicted octanol–water partition coefficient (Wildman–Crippen LogP) is 1.75. The SMILES string of the molecule is CC(C)CCCNCCCCN. The summed E-state index contributed by atoms with van der Waals surface area (Å²) in [5.74, 6) is 0.843. The van der Waals surface area contributed by atoms with Crippen LogP contribution in [0, 0.1) is 5.92 Å². The maximum Gasteiger partial charge on any atom is -0.00484 e. The molecule has 0 saturated carbocycles. The molecule has 0 rings (SSSR count). The van der Waals surface area contributed by atoms with E-state index < -0.39 is 0 Å². The number of hydrogen-bond donors (Lipinski definition) is 2. The van der Waals surface area contributed by atoms with Crippen LogP contribution >= 0.6 is 0 Å². The molecule has 0 aliphatic rings. The summed E-state index contributed by atoms with van der Waals surface area (Å²) in [7, 11) is 0. The highest BCUT2D eigenvalue weighted by Gasteiger charge is 1.92. The van der Waals surface area contributed by atoms with E-state index in [4.69, 9.17) is 5.73 Å². The molecule has 2 heteroatoms. The zero-order chi connectivity index (χ0) is 9.23. The van der Waals surface area contributed by atoms with Gasteiger partial charge in [-0.1, -0.05) is 13.8 Å². The Morgan fingerprint density at radius 2 is 1.75 bits per heavy atom. The van der Waals surface area contributed by atoms with Gasteiger partial charge in [-0.05, 0) is 51.2 Å². The molecule has 3 N–H and O–H groups in total. The fourth-order valence-electron chi connectivity index (χ4n) is 1.15. The van der Waals surface area contributed by atoms with Crippen LogP contribution < -0.4 is 11.1 Å². The molecular formula is C10H24N2. The van der Waals surface area contributed by atoms with Gasteiger partial charge >= 0.3 is 0 Å². The quantitative estimate of drug-likeness (QED) is 0.547. The number of nitrogens with one attached hydrogen (secondary N) is 1. The number of unbranched alkanes of at least 4 members (excludes halogenated alkanes) is 1. The van der Waals surface area contributed by atoms with Gasteiger partial charge in [0.15, 0.2) is 0 Å². The van der Waals surface area contributed by atoms with Crippen molar-refractivity contribution in [1.82, 2.24) is 5.32 Å². The molecule has 0 aliphatic heterocycles. The van der Waals surface area contributed by atoms with E-state index in [-0.39, 0.29) is 0 Å². The van der Waals surface area contributed by atoms with E-state index in [2.05, 4.69) is 19.2 Å². The Morgan fingerprint density at radius 3 is 2.33 bits per heavy atom. The van der Waals surface area contributed by atoms with Gasteiger partial charge in [-0.25, -0.2) is 0 Å². The molecule has 0 bridgehead atoms. The molecule has 0 heterocycles. The second-order valence-electron chi connectivity index (χ2n) is 3.78. The number of nitrogens with two attached hydrogens (primary N) is 1. The summed E-state index contributed by atoms with van der Waals surface area (Å²) in [4.78, 5) is 0. The van der Waals surface area contributed by atoms with Crippen molar-refractivity contribution in [3.8, 4) is 0 Å². The summed E-state index contributed by atoms with van der Waals surface area (Å²) < 4.78 is 0. The van der Waals surface area contributed by atoms with E-state index in [9.17, 15) is 0 Å². The highest BCUT2D eigenvalue weighted by Crippen LogP contribution is 2.01. The maximum atomic E-state index is 5.38.